The number of nitrogens with two attached hydrogens (primary N) is 1. The Morgan fingerprint density at radius 3 is 2.53 bits per heavy atom. The minimum absolute atomic E-state index is 0.0762. The summed E-state index contributed by atoms with van der Waals surface area (Å²) >= 11 is 1.28. The highest BCUT2D eigenvalue weighted by molar-refractivity contribution is 8.76. The number of carbonyl (C=O) groups is 4. The monoisotopic (exact) mass is 776 g/mol. The van der Waals surface area contributed by atoms with Gasteiger partial charge >= 0.3 is 29.9 Å². The van der Waals surface area contributed by atoms with Gasteiger partial charge in [0.2, 0.25) is 5.96 Å². The number of anilines is 1. The van der Waals surface area contributed by atoms with Crippen LogP contribution in [0.3, 0.4) is 0 Å². The third-order valence-corrected chi connectivity index (χ3v) is 10.2. The molecule has 0 aromatic carbocycles. The van der Waals surface area contributed by atoms with Gasteiger partial charge in [0.1, 0.15) is 37.2 Å². The lowest BCUT2D eigenvalue weighted by Crippen LogP contribution is -2.45. The molecule has 280 valence electrons. The van der Waals surface area contributed by atoms with Crippen molar-refractivity contribution in [3.8, 4) is 0 Å². The van der Waals surface area contributed by atoms with Crippen molar-refractivity contribution < 1.29 is 52.0 Å². The van der Waals surface area contributed by atoms with Crippen LogP contribution in [0.25, 0.3) is 0 Å². The Morgan fingerprint density at radius 1 is 1.12 bits per heavy atom. The van der Waals surface area contributed by atoms with E-state index in [1.54, 1.807) is 12.5 Å². The third kappa shape index (κ3) is 13.1. The number of alkyl carbamates (subject to hydrolysis) is 1. The number of carbonyl (C=O) groups excluding carboxylic acids is 4. The second-order valence-electron chi connectivity index (χ2n) is 10.6. The zero-order valence-corrected chi connectivity index (χ0v) is 30.0. The average Bonchev–Trinajstić information content (AvgIpc) is 3.73. The van der Waals surface area contributed by atoms with Crippen LogP contribution in [-0.4, -0.2) is 119 Å². The molecule has 0 aliphatic carbocycles. The molecule has 4 N–H and O–H groups in total. The van der Waals surface area contributed by atoms with E-state index in [4.69, 9.17) is 34.2 Å². The lowest BCUT2D eigenvalue weighted by molar-refractivity contribution is -0.146. The van der Waals surface area contributed by atoms with Crippen LogP contribution in [0, 0.1) is 11.7 Å². The van der Waals surface area contributed by atoms with Crippen LogP contribution in [0.2, 0.25) is 0 Å². The van der Waals surface area contributed by atoms with Crippen LogP contribution in [0.1, 0.15) is 26.5 Å². The number of hydrogen-bond donors (Lipinski definition) is 3. The number of nitrogens with one attached hydrogen (secondary N) is 2. The maximum atomic E-state index is 13.7. The highest BCUT2D eigenvalue weighted by Gasteiger charge is 2.31. The number of halogens is 1. The molecule has 0 saturated carbocycles. The lowest BCUT2D eigenvalue weighted by Gasteiger charge is -2.26. The number of fused-ring (bicyclic) bond motifs is 1. The van der Waals surface area contributed by atoms with E-state index in [1.807, 2.05) is 4.90 Å². The number of guanidine groups is 1. The van der Waals surface area contributed by atoms with E-state index in [9.17, 15) is 28.4 Å². The van der Waals surface area contributed by atoms with Gasteiger partial charge in [-0.3, -0.25) is 19.5 Å². The van der Waals surface area contributed by atoms with Gasteiger partial charge in [0.15, 0.2) is 17.8 Å². The van der Waals surface area contributed by atoms with E-state index in [0.717, 1.165) is 10.8 Å². The summed E-state index contributed by atoms with van der Waals surface area (Å²) in [6.45, 7) is 3.33. The van der Waals surface area contributed by atoms with Gasteiger partial charge in [0.05, 0.1) is 25.7 Å². The predicted octanol–water partition coefficient (Wildman–Crippen LogP) is 1.42. The average molecular weight is 777 g/mol. The van der Waals surface area contributed by atoms with Crippen molar-refractivity contribution in [2.24, 2.45) is 15.9 Å². The predicted molar refractivity (Wildman–Crippen MR) is 185 cm³/mol. The molecule has 4 heterocycles. The Hall–Kier alpha value is -4.22. The molecular weight excluding hydrogens is 740 g/mol. The zero-order valence-electron chi connectivity index (χ0n) is 27.5. The van der Waals surface area contributed by atoms with Crippen LogP contribution in [0.4, 0.5) is 19.8 Å². The Bertz CT molecular complexity index is 1550. The maximum Gasteiger partial charge on any atom is 0.508 e. The number of thioether (sulfide) groups is 1. The Labute approximate surface area is 303 Å². The molecule has 23 heteroatoms. The molecule has 1 aromatic rings. The molecule has 1 fully saturated rings. The summed E-state index contributed by atoms with van der Waals surface area (Å²) in [5.74, 6) is -1.01. The van der Waals surface area contributed by atoms with Gasteiger partial charge in [-0.25, -0.2) is 28.8 Å². The number of aliphatic imine (C=N–C) groups is 2. The molecule has 3 aliphatic heterocycles. The number of esters is 2. The number of nitrogens with zero attached hydrogens (tertiary/aromatic N) is 5. The first kappa shape index (κ1) is 39.6. The molecule has 0 bridgehead atoms. The van der Waals surface area contributed by atoms with Crippen LogP contribution in [0.5, 0.6) is 0 Å². The molecule has 4 rings (SSSR count). The molecule has 1 saturated heterocycles. The standard InChI is InChI=1S/C28H37FN8O11S3/c1-16(38)45-11-18(12-46-17(2)39)3-4-36-15-32-20-9-31-25(34-24(20)36)35-27(41)43-5-7-50-51-8-6-44-28(42)47-13-22-48-21(14-49-22)37-10-19(29)23(30)33-26(37)40/h9-10,15,18,21-22,24H,3-8,11-14H2,1-2H3,(H2,30,33,40)(H2,31,34,35,41)/t21?,22-,24?/m1/s1. The van der Waals surface area contributed by atoms with E-state index in [2.05, 4.69) is 25.6 Å². The topological polar surface area (TPSA) is 237 Å². The second-order valence-corrected chi connectivity index (χ2v) is 14.5. The number of rotatable bonds is 17. The Balaban J connectivity index is 1.04. The molecule has 19 nitrogen and oxygen atoms in total. The molecule has 51 heavy (non-hydrogen) atoms. The quantitative estimate of drug-likeness (QED) is 0.0878. The fourth-order valence-corrected chi connectivity index (χ4v) is 7.00. The van der Waals surface area contributed by atoms with Crippen LogP contribution < -0.4 is 22.1 Å². The Morgan fingerprint density at radius 2 is 1.82 bits per heavy atom. The first-order valence-corrected chi connectivity index (χ1v) is 18.9. The fraction of sp³-hybridized carbons (Fsp3) is 0.571. The van der Waals surface area contributed by atoms with E-state index < -0.39 is 59.3 Å². The third-order valence-electron chi connectivity index (χ3n) is 6.79. The van der Waals surface area contributed by atoms with E-state index in [0.29, 0.717) is 35.9 Å². The number of hydrogen-bond acceptors (Lipinski definition) is 20. The maximum absolute atomic E-state index is 13.7. The molecule has 3 atom stereocenters. The van der Waals surface area contributed by atoms with Gasteiger partial charge in [-0.1, -0.05) is 21.6 Å². The lowest BCUT2D eigenvalue weighted by atomic mass is 10.1. The van der Waals surface area contributed by atoms with Gasteiger partial charge in [-0.05, 0) is 6.42 Å². The van der Waals surface area contributed by atoms with Crippen molar-refractivity contribution in [3.05, 3.63) is 34.4 Å². The molecule has 1 aromatic heterocycles. The number of amides is 1. The largest absolute Gasteiger partial charge is 0.508 e. The highest BCUT2D eigenvalue weighted by Crippen LogP contribution is 2.31. The molecule has 0 radical (unpaired) electrons. The summed E-state index contributed by atoms with van der Waals surface area (Å²) in [6, 6.07) is 0. The molecular formula is C28H37FN8O11S3. The number of ether oxygens (including phenoxy) is 6. The minimum Gasteiger partial charge on any atom is -0.465 e. The van der Waals surface area contributed by atoms with Gasteiger partial charge in [-0.15, -0.1) is 11.8 Å². The van der Waals surface area contributed by atoms with E-state index in [1.165, 1.54) is 47.2 Å². The van der Waals surface area contributed by atoms with Gasteiger partial charge in [0.25, 0.3) is 0 Å². The first-order chi connectivity index (χ1) is 24.5. The van der Waals surface area contributed by atoms with Crippen LogP contribution >= 0.6 is 33.3 Å². The fourth-order valence-electron chi connectivity index (χ4n) is 4.36. The summed E-state index contributed by atoms with van der Waals surface area (Å²) in [5.41, 5.74) is 4.60. The minimum atomic E-state index is -0.887. The smallest absolute Gasteiger partial charge is 0.465 e. The van der Waals surface area contributed by atoms with Gasteiger partial charge < -0.3 is 44.4 Å². The summed E-state index contributed by atoms with van der Waals surface area (Å²) in [7, 11) is 2.82. The van der Waals surface area contributed by atoms with Crippen molar-refractivity contribution in [1.29, 1.82) is 0 Å². The number of aromatic nitrogens is 2. The number of nitrogen functional groups attached to an aromatic ring is 1. The molecule has 3 aliphatic rings. The summed E-state index contributed by atoms with van der Waals surface area (Å²) in [5, 5.41) is 5.42. The van der Waals surface area contributed by atoms with Crippen LogP contribution in [-0.2, 0) is 38.0 Å². The molecule has 0 spiro atoms. The molecule has 1 amide bonds. The molecule has 2 unspecified atom stereocenters. The van der Waals surface area contributed by atoms with Crippen LogP contribution in [0.15, 0.2) is 32.9 Å². The summed E-state index contributed by atoms with van der Waals surface area (Å²) in [4.78, 5) is 72.7. The van der Waals surface area contributed by atoms with Crippen molar-refractivity contribution >= 4 is 75.7 Å². The zero-order chi connectivity index (χ0) is 36.8. The van der Waals surface area contributed by atoms with Crippen molar-refractivity contribution in [2.45, 2.75) is 38.1 Å². The highest BCUT2D eigenvalue weighted by atomic mass is 33.1. The van der Waals surface area contributed by atoms with Crippen molar-refractivity contribution in [1.82, 2.24) is 25.1 Å². The first-order valence-electron chi connectivity index (χ1n) is 15.4. The van der Waals surface area contributed by atoms with E-state index in [-0.39, 0.29) is 44.9 Å². The van der Waals surface area contributed by atoms with Crippen molar-refractivity contribution in [2.75, 3.05) is 62.6 Å². The van der Waals surface area contributed by atoms with Crippen molar-refractivity contribution in [3.63, 3.8) is 0 Å². The SMILES string of the molecule is CC(=O)OCC(CCN1C=NC2=CNC(NC(=O)OCCSSCCOC(=O)OC[C@@H]3OC(n4cc(F)c(N)nc4=O)CS3)=NC21)COC(C)=O. The van der Waals surface area contributed by atoms with Gasteiger partial charge in [-0.2, -0.15) is 4.98 Å². The summed E-state index contributed by atoms with van der Waals surface area (Å²) < 4.78 is 45.8. The second kappa shape index (κ2) is 20.0. The summed E-state index contributed by atoms with van der Waals surface area (Å²) in [6.07, 6.45) is 1.82. The van der Waals surface area contributed by atoms with E-state index >= 15 is 0 Å². The Kier molecular flexibility index (Phi) is 15.5. The normalized spacial score (nSPS) is 19.1. The van der Waals surface area contributed by atoms with Gasteiger partial charge in [0, 0.05) is 49.8 Å².